The van der Waals surface area contributed by atoms with E-state index in [1.807, 2.05) is 0 Å². The highest BCUT2D eigenvalue weighted by molar-refractivity contribution is 5.66. The van der Waals surface area contributed by atoms with Gasteiger partial charge in [0.25, 0.3) is 0 Å². The van der Waals surface area contributed by atoms with Crippen LogP contribution in [0.4, 0.5) is 0 Å². The fourth-order valence-electron chi connectivity index (χ4n) is 2.39. The van der Waals surface area contributed by atoms with Crippen molar-refractivity contribution < 1.29 is 15.0 Å². The summed E-state index contributed by atoms with van der Waals surface area (Å²) in [6, 6.07) is 0. The number of carbonyl (C=O) groups is 1. The standard InChI is InChI=1S/C18H34O3/c19-17-15-13-11-9-7-5-3-1-2-4-6-8-10-12-14-16-18(20)21/h7,9,19H,1-6,8,10-17H2,(H,20,21). The number of carboxylic acids is 1. The monoisotopic (exact) mass is 298 g/mol. The van der Waals surface area contributed by atoms with Crippen LogP contribution >= 0.6 is 0 Å². The molecule has 0 aromatic heterocycles. The zero-order valence-electron chi connectivity index (χ0n) is 13.6. The summed E-state index contributed by atoms with van der Waals surface area (Å²) in [5.74, 6) is -0.669. The Kier molecular flexibility index (Phi) is 16.5. The number of carboxylic acid groups (broad SMARTS) is 1. The number of unbranched alkanes of at least 4 members (excludes halogenated alkanes) is 11. The van der Waals surface area contributed by atoms with Crippen molar-refractivity contribution in [3.8, 4) is 0 Å². The number of hydrogen-bond acceptors (Lipinski definition) is 2. The van der Waals surface area contributed by atoms with Crippen LogP contribution in [-0.4, -0.2) is 22.8 Å². The number of aliphatic hydroxyl groups excluding tert-OH is 1. The SMILES string of the molecule is O=C(O)CCCCCCCCCCCC=CCCCCO. The summed E-state index contributed by atoms with van der Waals surface area (Å²) in [6.45, 7) is 0.313. The van der Waals surface area contributed by atoms with E-state index in [1.54, 1.807) is 0 Å². The van der Waals surface area contributed by atoms with E-state index in [0.717, 1.165) is 32.1 Å². The van der Waals surface area contributed by atoms with Crippen LogP contribution < -0.4 is 0 Å². The molecular formula is C18H34O3. The maximum Gasteiger partial charge on any atom is 0.303 e. The van der Waals surface area contributed by atoms with E-state index in [9.17, 15) is 4.79 Å². The molecule has 0 aliphatic heterocycles. The highest BCUT2D eigenvalue weighted by atomic mass is 16.4. The summed E-state index contributed by atoms with van der Waals surface area (Å²) < 4.78 is 0. The molecule has 2 N–H and O–H groups in total. The first kappa shape index (κ1) is 20.2. The van der Waals surface area contributed by atoms with Crippen LogP contribution in [0, 0.1) is 0 Å². The molecule has 3 nitrogen and oxygen atoms in total. The van der Waals surface area contributed by atoms with E-state index >= 15 is 0 Å². The average Bonchev–Trinajstić information content (AvgIpc) is 2.46. The molecule has 0 aliphatic carbocycles. The fourth-order valence-corrected chi connectivity index (χ4v) is 2.39. The van der Waals surface area contributed by atoms with Crippen molar-refractivity contribution in [2.24, 2.45) is 0 Å². The van der Waals surface area contributed by atoms with Gasteiger partial charge in [-0.25, -0.2) is 0 Å². The maximum absolute atomic E-state index is 10.3. The second-order valence-electron chi connectivity index (χ2n) is 5.81. The van der Waals surface area contributed by atoms with E-state index in [4.69, 9.17) is 10.2 Å². The van der Waals surface area contributed by atoms with Crippen molar-refractivity contribution in [2.45, 2.75) is 89.9 Å². The third-order valence-corrected chi connectivity index (χ3v) is 3.71. The van der Waals surface area contributed by atoms with E-state index in [-0.39, 0.29) is 0 Å². The molecule has 0 aromatic carbocycles. The number of rotatable bonds is 16. The largest absolute Gasteiger partial charge is 0.481 e. The van der Waals surface area contributed by atoms with E-state index < -0.39 is 5.97 Å². The zero-order chi connectivity index (χ0) is 15.6. The maximum atomic E-state index is 10.3. The Morgan fingerprint density at radius 3 is 1.57 bits per heavy atom. The molecule has 0 bridgehead atoms. The number of aliphatic carboxylic acids is 1. The minimum atomic E-state index is -0.669. The van der Waals surface area contributed by atoms with Gasteiger partial charge in [0.2, 0.25) is 0 Å². The molecule has 0 aliphatic rings. The summed E-state index contributed by atoms with van der Waals surface area (Å²) in [6.07, 6.45) is 20.0. The van der Waals surface area contributed by atoms with Gasteiger partial charge in [-0.1, -0.05) is 57.1 Å². The van der Waals surface area contributed by atoms with Gasteiger partial charge in [-0.15, -0.1) is 0 Å². The van der Waals surface area contributed by atoms with Crippen molar-refractivity contribution >= 4 is 5.97 Å². The second-order valence-corrected chi connectivity index (χ2v) is 5.81. The lowest BCUT2D eigenvalue weighted by Gasteiger charge is -2.01. The first-order chi connectivity index (χ1) is 10.3. The van der Waals surface area contributed by atoms with Crippen LogP contribution in [0.15, 0.2) is 12.2 Å². The van der Waals surface area contributed by atoms with Gasteiger partial charge in [0.15, 0.2) is 0 Å². The molecule has 0 fully saturated rings. The Hall–Kier alpha value is -0.830. The van der Waals surface area contributed by atoms with Gasteiger partial charge < -0.3 is 10.2 Å². The fraction of sp³-hybridized carbons (Fsp3) is 0.833. The lowest BCUT2D eigenvalue weighted by Crippen LogP contribution is -1.93. The quantitative estimate of drug-likeness (QED) is 0.308. The molecule has 0 saturated heterocycles. The normalized spacial score (nSPS) is 11.3. The summed E-state index contributed by atoms with van der Waals surface area (Å²) in [5, 5.41) is 17.2. The van der Waals surface area contributed by atoms with Crippen molar-refractivity contribution in [1.29, 1.82) is 0 Å². The van der Waals surface area contributed by atoms with E-state index in [1.165, 1.54) is 51.4 Å². The number of aliphatic hydroxyl groups is 1. The molecule has 0 spiro atoms. The topological polar surface area (TPSA) is 57.5 Å². The molecule has 0 atom stereocenters. The second kappa shape index (κ2) is 17.2. The average molecular weight is 298 g/mol. The predicted molar refractivity (Wildman–Crippen MR) is 88.5 cm³/mol. The third-order valence-electron chi connectivity index (χ3n) is 3.71. The van der Waals surface area contributed by atoms with Crippen LogP contribution in [0.1, 0.15) is 89.9 Å². The predicted octanol–water partition coefficient (Wildman–Crippen LogP) is 5.08. The number of allylic oxidation sites excluding steroid dienone is 2. The van der Waals surface area contributed by atoms with Gasteiger partial charge in [0, 0.05) is 13.0 Å². The Morgan fingerprint density at radius 1 is 0.667 bits per heavy atom. The first-order valence-corrected chi connectivity index (χ1v) is 8.75. The number of hydrogen-bond donors (Lipinski definition) is 2. The molecule has 0 rings (SSSR count). The molecule has 3 heteroatoms. The highest BCUT2D eigenvalue weighted by Gasteiger charge is 1.96. The van der Waals surface area contributed by atoms with Gasteiger partial charge in [-0.3, -0.25) is 4.79 Å². The summed E-state index contributed by atoms with van der Waals surface area (Å²) >= 11 is 0. The molecular weight excluding hydrogens is 264 g/mol. The molecule has 21 heavy (non-hydrogen) atoms. The molecule has 0 amide bonds. The van der Waals surface area contributed by atoms with Crippen LogP contribution in [0.25, 0.3) is 0 Å². The smallest absolute Gasteiger partial charge is 0.303 e. The van der Waals surface area contributed by atoms with Crippen LogP contribution in [0.2, 0.25) is 0 Å². The minimum Gasteiger partial charge on any atom is -0.481 e. The van der Waals surface area contributed by atoms with Crippen LogP contribution in [-0.2, 0) is 4.79 Å². The summed E-state index contributed by atoms with van der Waals surface area (Å²) in [5.41, 5.74) is 0. The van der Waals surface area contributed by atoms with Crippen molar-refractivity contribution in [3.63, 3.8) is 0 Å². The zero-order valence-corrected chi connectivity index (χ0v) is 13.6. The molecule has 0 heterocycles. The van der Waals surface area contributed by atoms with Gasteiger partial charge >= 0.3 is 5.97 Å². The van der Waals surface area contributed by atoms with Gasteiger partial charge in [0.05, 0.1) is 0 Å². The van der Waals surface area contributed by atoms with Gasteiger partial charge in [0.1, 0.15) is 0 Å². The molecule has 0 unspecified atom stereocenters. The lowest BCUT2D eigenvalue weighted by molar-refractivity contribution is -0.137. The van der Waals surface area contributed by atoms with E-state index in [0.29, 0.717) is 13.0 Å². The Balaban J connectivity index is 3.04. The van der Waals surface area contributed by atoms with Gasteiger partial charge in [-0.05, 0) is 38.5 Å². The summed E-state index contributed by atoms with van der Waals surface area (Å²) in [7, 11) is 0. The Bertz CT molecular complexity index is 249. The van der Waals surface area contributed by atoms with E-state index in [2.05, 4.69) is 12.2 Å². The summed E-state index contributed by atoms with van der Waals surface area (Å²) in [4.78, 5) is 10.3. The Morgan fingerprint density at radius 2 is 1.10 bits per heavy atom. The van der Waals surface area contributed by atoms with Crippen LogP contribution in [0.5, 0.6) is 0 Å². The molecule has 0 aromatic rings. The molecule has 124 valence electrons. The van der Waals surface area contributed by atoms with Crippen LogP contribution in [0.3, 0.4) is 0 Å². The lowest BCUT2D eigenvalue weighted by atomic mass is 10.1. The molecule has 0 radical (unpaired) electrons. The van der Waals surface area contributed by atoms with Crippen molar-refractivity contribution in [3.05, 3.63) is 12.2 Å². The highest BCUT2D eigenvalue weighted by Crippen LogP contribution is 2.11. The van der Waals surface area contributed by atoms with Crippen molar-refractivity contribution in [1.82, 2.24) is 0 Å². The van der Waals surface area contributed by atoms with Gasteiger partial charge in [-0.2, -0.15) is 0 Å². The third kappa shape index (κ3) is 19.2. The molecule has 0 saturated carbocycles. The van der Waals surface area contributed by atoms with Crippen molar-refractivity contribution in [2.75, 3.05) is 6.61 Å². The first-order valence-electron chi connectivity index (χ1n) is 8.75. The minimum absolute atomic E-state index is 0.313. The Labute approximate surface area is 130 Å².